The number of carbonyl (C=O) groups excluding carboxylic acids is 1. The lowest BCUT2D eigenvalue weighted by molar-refractivity contribution is 0.0970. The minimum atomic E-state index is 0.143. The summed E-state index contributed by atoms with van der Waals surface area (Å²) in [6, 6.07) is 1.89. The Morgan fingerprint density at radius 3 is 2.88 bits per heavy atom. The summed E-state index contributed by atoms with van der Waals surface area (Å²) in [5, 5.41) is 4.35. The minimum Gasteiger partial charge on any atom is -0.292 e. The lowest BCUT2D eigenvalue weighted by Gasteiger charge is -2.02. The molecular weight excluding hydrogens is 200 g/mol. The van der Waals surface area contributed by atoms with Gasteiger partial charge in [-0.2, -0.15) is 5.10 Å². The van der Waals surface area contributed by atoms with Crippen LogP contribution in [0, 0.1) is 12.3 Å². The fraction of sp³-hybridized carbons (Fsp3) is 0.538. The van der Waals surface area contributed by atoms with Crippen LogP contribution in [0.3, 0.4) is 0 Å². The van der Waals surface area contributed by atoms with Crippen LogP contribution in [-0.2, 0) is 13.0 Å². The number of aromatic nitrogens is 2. The number of rotatable bonds is 6. The zero-order chi connectivity index (χ0) is 12.0. The fourth-order valence-corrected chi connectivity index (χ4v) is 1.59. The summed E-state index contributed by atoms with van der Waals surface area (Å²) in [5.74, 6) is 2.69. The first kappa shape index (κ1) is 12.5. The van der Waals surface area contributed by atoms with Crippen LogP contribution in [0.4, 0.5) is 0 Å². The Kier molecular flexibility index (Phi) is 4.78. The fourth-order valence-electron chi connectivity index (χ4n) is 1.59. The molecule has 86 valence electrons. The molecule has 0 bridgehead atoms. The Balaban J connectivity index is 2.74. The second-order valence-electron chi connectivity index (χ2n) is 3.67. The molecule has 0 aliphatic heterocycles. The van der Waals surface area contributed by atoms with Crippen LogP contribution in [-0.4, -0.2) is 15.6 Å². The third-order valence-electron chi connectivity index (χ3n) is 2.50. The molecule has 16 heavy (non-hydrogen) atoms. The quantitative estimate of drug-likeness (QED) is 0.417. The Morgan fingerprint density at radius 2 is 2.31 bits per heavy atom. The number of aryl methyl sites for hydroxylation is 2. The van der Waals surface area contributed by atoms with E-state index >= 15 is 0 Å². The number of unbranched alkanes of at least 4 members (excludes halogenated alkanes) is 1. The highest BCUT2D eigenvalue weighted by Crippen LogP contribution is 2.10. The predicted molar refractivity (Wildman–Crippen MR) is 64.3 cm³/mol. The predicted octanol–water partition coefficient (Wildman–Crippen LogP) is 2.45. The molecule has 0 radical (unpaired) electrons. The molecule has 0 saturated heterocycles. The highest BCUT2D eigenvalue weighted by Gasteiger charge is 2.13. The highest BCUT2D eigenvalue weighted by atomic mass is 16.1. The molecule has 0 aliphatic rings. The summed E-state index contributed by atoms with van der Waals surface area (Å²) in [7, 11) is 0. The van der Waals surface area contributed by atoms with Gasteiger partial charge in [0.25, 0.3) is 0 Å². The molecule has 0 saturated carbocycles. The standard InChI is InChI=1S/C13H18N2O/c1-4-7-8-9-13(16)12-10-11(5-2)14-15(12)6-3/h1,10H,5-9H2,2-3H3. The SMILES string of the molecule is C#CCCCC(=O)c1cc(CC)nn1CC. The van der Waals surface area contributed by atoms with Gasteiger partial charge in [-0.1, -0.05) is 6.92 Å². The van der Waals surface area contributed by atoms with E-state index in [1.807, 2.05) is 19.9 Å². The molecule has 1 rings (SSSR count). The van der Waals surface area contributed by atoms with Crippen molar-refractivity contribution in [1.82, 2.24) is 9.78 Å². The van der Waals surface area contributed by atoms with E-state index in [9.17, 15) is 4.79 Å². The van der Waals surface area contributed by atoms with Gasteiger partial charge in [-0.05, 0) is 25.8 Å². The van der Waals surface area contributed by atoms with Crippen LogP contribution in [0.25, 0.3) is 0 Å². The van der Waals surface area contributed by atoms with Crippen LogP contribution in [0.2, 0.25) is 0 Å². The lowest BCUT2D eigenvalue weighted by Crippen LogP contribution is -2.09. The lowest BCUT2D eigenvalue weighted by atomic mass is 10.1. The van der Waals surface area contributed by atoms with E-state index in [0.717, 1.165) is 30.8 Å². The first-order valence-electron chi connectivity index (χ1n) is 5.76. The zero-order valence-electron chi connectivity index (χ0n) is 9.99. The van der Waals surface area contributed by atoms with Gasteiger partial charge < -0.3 is 0 Å². The van der Waals surface area contributed by atoms with Crippen molar-refractivity contribution in [3.05, 3.63) is 17.5 Å². The van der Waals surface area contributed by atoms with Crippen LogP contribution < -0.4 is 0 Å². The molecule has 0 aliphatic carbocycles. The van der Waals surface area contributed by atoms with Crippen LogP contribution >= 0.6 is 0 Å². The summed E-state index contributed by atoms with van der Waals surface area (Å²) >= 11 is 0. The number of ketones is 1. The molecule has 3 nitrogen and oxygen atoms in total. The average Bonchev–Trinajstić information content (AvgIpc) is 2.72. The molecular formula is C13H18N2O. The zero-order valence-corrected chi connectivity index (χ0v) is 9.99. The smallest absolute Gasteiger partial charge is 0.180 e. The molecule has 0 unspecified atom stereocenters. The number of hydrogen-bond acceptors (Lipinski definition) is 2. The normalized spacial score (nSPS) is 10.1. The van der Waals surface area contributed by atoms with Crippen molar-refractivity contribution in [3.63, 3.8) is 0 Å². The Labute approximate surface area is 96.8 Å². The second kappa shape index (κ2) is 6.12. The number of terminal acetylenes is 1. The van der Waals surface area contributed by atoms with E-state index < -0.39 is 0 Å². The minimum absolute atomic E-state index is 0.143. The summed E-state index contributed by atoms with van der Waals surface area (Å²) in [5.41, 5.74) is 1.69. The first-order valence-corrected chi connectivity index (χ1v) is 5.76. The Morgan fingerprint density at radius 1 is 1.56 bits per heavy atom. The van der Waals surface area contributed by atoms with Gasteiger partial charge >= 0.3 is 0 Å². The molecule has 3 heteroatoms. The topological polar surface area (TPSA) is 34.9 Å². The van der Waals surface area contributed by atoms with E-state index in [0.29, 0.717) is 12.8 Å². The molecule has 0 amide bonds. The third kappa shape index (κ3) is 2.96. The van der Waals surface area contributed by atoms with Gasteiger partial charge in [0.2, 0.25) is 0 Å². The van der Waals surface area contributed by atoms with Crippen LogP contribution in [0.15, 0.2) is 6.07 Å². The van der Waals surface area contributed by atoms with Gasteiger partial charge in [-0.15, -0.1) is 12.3 Å². The van der Waals surface area contributed by atoms with Gasteiger partial charge in [0.05, 0.1) is 5.69 Å². The Bertz CT molecular complexity index is 399. The molecule has 0 spiro atoms. The van der Waals surface area contributed by atoms with Crippen molar-refractivity contribution >= 4 is 5.78 Å². The summed E-state index contributed by atoms with van der Waals surface area (Å²) in [6.45, 7) is 4.76. The molecule has 0 aromatic carbocycles. The maximum absolute atomic E-state index is 11.9. The number of carbonyl (C=O) groups is 1. The molecule has 0 N–H and O–H groups in total. The van der Waals surface area contributed by atoms with Crippen molar-refractivity contribution in [2.45, 2.75) is 46.1 Å². The number of Topliss-reactive ketones (excluding diaryl/α,β-unsaturated/α-hetero) is 1. The van der Waals surface area contributed by atoms with Gasteiger partial charge in [-0.25, -0.2) is 0 Å². The first-order chi connectivity index (χ1) is 7.72. The van der Waals surface area contributed by atoms with Crippen molar-refractivity contribution in [2.24, 2.45) is 0 Å². The van der Waals surface area contributed by atoms with Gasteiger partial charge in [0.1, 0.15) is 5.69 Å². The number of hydrogen-bond donors (Lipinski definition) is 0. The maximum atomic E-state index is 11.9. The van der Waals surface area contributed by atoms with Crippen LogP contribution in [0.5, 0.6) is 0 Å². The molecule has 1 heterocycles. The third-order valence-corrected chi connectivity index (χ3v) is 2.50. The average molecular weight is 218 g/mol. The van der Waals surface area contributed by atoms with Crippen LogP contribution in [0.1, 0.15) is 49.3 Å². The second-order valence-corrected chi connectivity index (χ2v) is 3.67. The van der Waals surface area contributed by atoms with E-state index in [1.54, 1.807) is 4.68 Å². The summed E-state index contributed by atoms with van der Waals surface area (Å²) in [6.07, 6.45) is 7.94. The van der Waals surface area contributed by atoms with E-state index in [4.69, 9.17) is 6.42 Å². The van der Waals surface area contributed by atoms with Gasteiger partial charge in [0, 0.05) is 19.4 Å². The molecule has 0 fully saturated rings. The highest BCUT2D eigenvalue weighted by molar-refractivity contribution is 5.94. The van der Waals surface area contributed by atoms with Crippen molar-refractivity contribution in [2.75, 3.05) is 0 Å². The Hall–Kier alpha value is -1.56. The largest absolute Gasteiger partial charge is 0.292 e. The van der Waals surface area contributed by atoms with Crippen molar-refractivity contribution < 1.29 is 4.79 Å². The molecule has 1 aromatic heterocycles. The van der Waals surface area contributed by atoms with Crippen molar-refractivity contribution in [1.29, 1.82) is 0 Å². The van der Waals surface area contributed by atoms with Gasteiger partial charge in [-0.3, -0.25) is 9.48 Å². The molecule has 1 aromatic rings. The van der Waals surface area contributed by atoms with E-state index in [2.05, 4.69) is 11.0 Å². The van der Waals surface area contributed by atoms with E-state index in [1.165, 1.54) is 0 Å². The van der Waals surface area contributed by atoms with Crippen molar-refractivity contribution in [3.8, 4) is 12.3 Å². The maximum Gasteiger partial charge on any atom is 0.180 e. The van der Waals surface area contributed by atoms with Gasteiger partial charge in [0.15, 0.2) is 5.78 Å². The number of nitrogens with zero attached hydrogens (tertiary/aromatic N) is 2. The van der Waals surface area contributed by atoms with E-state index in [-0.39, 0.29) is 5.78 Å². The molecule has 0 atom stereocenters. The summed E-state index contributed by atoms with van der Waals surface area (Å²) < 4.78 is 1.77. The summed E-state index contributed by atoms with van der Waals surface area (Å²) in [4.78, 5) is 11.9. The monoisotopic (exact) mass is 218 g/mol.